The zero-order chi connectivity index (χ0) is 14.1. The fraction of sp³-hybridized carbons (Fsp3) is 0.533. The number of pyridine rings is 1. The van der Waals surface area contributed by atoms with Crippen LogP contribution in [0.25, 0.3) is 5.65 Å². The number of rotatable bonds is 3. The molecule has 0 bridgehead atoms. The SMILES string of the molecule is CC1CCCN(Cc2cn3cc(Cl)ccc3n2)C1CN.Cl. The number of fused-ring (bicyclic) bond motifs is 1. The molecule has 0 amide bonds. The maximum Gasteiger partial charge on any atom is 0.137 e. The number of nitrogens with zero attached hydrogens (tertiary/aromatic N) is 3. The summed E-state index contributed by atoms with van der Waals surface area (Å²) in [6, 6.07) is 4.29. The minimum Gasteiger partial charge on any atom is -0.329 e. The lowest BCUT2D eigenvalue weighted by molar-refractivity contribution is 0.0979. The van der Waals surface area contributed by atoms with Crippen molar-refractivity contribution in [3.8, 4) is 0 Å². The first kappa shape index (κ1) is 16.6. The first-order chi connectivity index (χ1) is 9.67. The summed E-state index contributed by atoms with van der Waals surface area (Å²) in [6.45, 7) is 5.00. The lowest BCUT2D eigenvalue weighted by Gasteiger charge is -2.39. The van der Waals surface area contributed by atoms with E-state index in [-0.39, 0.29) is 12.4 Å². The lowest BCUT2D eigenvalue weighted by atomic mass is 9.91. The third-order valence-electron chi connectivity index (χ3n) is 4.30. The predicted molar refractivity (Wildman–Crippen MR) is 89.1 cm³/mol. The van der Waals surface area contributed by atoms with Gasteiger partial charge < -0.3 is 10.1 Å². The van der Waals surface area contributed by atoms with Crippen molar-refractivity contribution in [3.63, 3.8) is 0 Å². The van der Waals surface area contributed by atoms with Crippen LogP contribution in [-0.4, -0.2) is 33.4 Å². The molecule has 0 radical (unpaired) electrons. The van der Waals surface area contributed by atoms with Gasteiger partial charge in [0.05, 0.1) is 10.7 Å². The molecule has 4 nitrogen and oxygen atoms in total. The summed E-state index contributed by atoms with van der Waals surface area (Å²) >= 11 is 6.01. The van der Waals surface area contributed by atoms with Gasteiger partial charge in [0.15, 0.2) is 0 Å². The lowest BCUT2D eigenvalue weighted by Crippen LogP contribution is -2.48. The monoisotopic (exact) mass is 328 g/mol. The van der Waals surface area contributed by atoms with Gasteiger partial charge in [-0.05, 0) is 37.4 Å². The molecular weight excluding hydrogens is 307 g/mol. The Morgan fingerprint density at radius 3 is 2.95 bits per heavy atom. The third kappa shape index (κ3) is 3.51. The predicted octanol–water partition coefficient (Wildman–Crippen LogP) is 2.97. The Balaban J connectivity index is 0.00000161. The number of nitrogens with two attached hydrogens (primary N) is 1. The van der Waals surface area contributed by atoms with E-state index in [1.807, 2.05) is 22.7 Å². The van der Waals surface area contributed by atoms with Crippen molar-refractivity contribution in [2.45, 2.75) is 32.4 Å². The highest BCUT2D eigenvalue weighted by Gasteiger charge is 2.27. The Morgan fingerprint density at radius 2 is 2.19 bits per heavy atom. The van der Waals surface area contributed by atoms with Crippen LogP contribution >= 0.6 is 24.0 Å². The molecule has 1 aliphatic heterocycles. The number of imidazole rings is 1. The average Bonchev–Trinajstić information content (AvgIpc) is 2.80. The molecule has 0 saturated carbocycles. The van der Waals surface area contributed by atoms with Crippen LogP contribution in [0.15, 0.2) is 24.5 Å². The van der Waals surface area contributed by atoms with Gasteiger partial charge >= 0.3 is 0 Å². The second kappa shape index (κ2) is 6.97. The highest BCUT2D eigenvalue weighted by atomic mass is 35.5. The number of piperidine rings is 1. The smallest absolute Gasteiger partial charge is 0.137 e. The molecule has 1 fully saturated rings. The quantitative estimate of drug-likeness (QED) is 0.942. The summed E-state index contributed by atoms with van der Waals surface area (Å²) in [5, 5.41) is 0.730. The van der Waals surface area contributed by atoms with Crippen molar-refractivity contribution < 1.29 is 0 Å². The van der Waals surface area contributed by atoms with Crippen LogP contribution in [-0.2, 0) is 6.54 Å². The van der Waals surface area contributed by atoms with Crippen molar-refractivity contribution in [1.29, 1.82) is 0 Å². The maximum atomic E-state index is 6.01. The summed E-state index contributed by atoms with van der Waals surface area (Å²) in [7, 11) is 0. The molecule has 0 spiro atoms. The Hall–Kier alpha value is -0.810. The van der Waals surface area contributed by atoms with Crippen LogP contribution in [0.4, 0.5) is 0 Å². The molecule has 2 aromatic heterocycles. The molecule has 2 aromatic rings. The Labute approximate surface area is 136 Å². The summed E-state index contributed by atoms with van der Waals surface area (Å²) in [4.78, 5) is 7.13. The summed E-state index contributed by atoms with van der Waals surface area (Å²) in [6.07, 6.45) is 6.48. The zero-order valence-corrected chi connectivity index (χ0v) is 13.8. The summed E-state index contributed by atoms with van der Waals surface area (Å²) < 4.78 is 1.99. The topological polar surface area (TPSA) is 46.6 Å². The molecule has 116 valence electrons. The molecule has 0 aliphatic carbocycles. The second-order valence-electron chi connectivity index (χ2n) is 5.74. The molecule has 0 aromatic carbocycles. The third-order valence-corrected chi connectivity index (χ3v) is 4.53. The van der Waals surface area contributed by atoms with Crippen molar-refractivity contribution >= 4 is 29.7 Å². The molecule has 3 heterocycles. The zero-order valence-electron chi connectivity index (χ0n) is 12.2. The van der Waals surface area contributed by atoms with Crippen LogP contribution in [0.1, 0.15) is 25.5 Å². The van der Waals surface area contributed by atoms with Crippen LogP contribution in [0.3, 0.4) is 0 Å². The minimum atomic E-state index is 0. The van der Waals surface area contributed by atoms with E-state index >= 15 is 0 Å². The Bertz CT molecular complexity index is 598. The summed E-state index contributed by atoms with van der Waals surface area (Å²) in [5.41, 5.74) is 7.97. The highest BCUT2D eigenvalue weighted by molar-refractivity contribution is 6.30. The fourth-order valence-corrected chi connectivity index (χ4v) is 3.38. The molecule has 1 saturated heterocycles. The molecule has 3 rings (SSSR count). The Kier molecular flexibility index (Phi) is 5.49. The average molecular weight is 329 g/mol. The molecule has 21 heavy (non-hydrogen) atoms. The molecule has 6 heteroatoms. The van der Waals surface area contributed by atoms with E-state index in [0.717, 1.165) is 36.0 Å². The number of hydrogen-bond donors (Lipinski definition) is 1. The first-order valence-corrected chi connectivity index (χ1v) is 7.62. The minimum absolute atomic E-state index is 0. The van der Waals surface area contributed by atoms with Gasteiger partial charge in [0.2, 0.25) is 0 Å². The van der Waals surface area contributed by atoms with E-state index in [4.69, 9.17) is 17.3 Å². The van der Waals surface area contributed by atoms with Crippen molar-refractivity contribution in [2.24, 2.45) is 11.7 Å². The van der Waals surface area contributed by atoms with Crippen LogP contribution in [0.5, 0.6) is 0 Å². The molecule has 1 aliphatic rings. The number of aromatic nitrogens is 2. The van der Waals surface area contributed by atoms with Gasteiger partial charge in [0, 0.05) is 31.5 Å². The first-order valence-electron chi connectivity index (χ1n) is 7.24. The molecular formula is C15H22Cl2N4. The van der Waals surface area contributed by atoms with Gasteiger partial charge in [0.25, 0.3) is 0 Å². The van der Waals surface area contributed by atoms with E-state index in [0.29, 0.717) is 12.0 Å². The van der Waals surface area contributed by atoms with E-state index in [2.05, 4.69) is 23.0 Å². The molecule has 2 N–H and O–H groups in total. The number of likely N-dealkylation sites (tertiary alicyclic amines) is 1. The van der Waals surface area contributed by atoms with Gasteiger partial charge in [-0.15, -0.1) is 12.4 Å². The normalized spacial score (nSPS) is 23.2. The van der Waals surface area contributed by atoms with Gasteiger partial charge in [-0.25, -0.2) is 4.98 Å². The van der Waals surface area contributed by atoms with E-state index in [1.165, 1.54) is 12.8 Å². The van der Waals surface area contributed by atoms with Gasteiger partial charge in [0.1, 0.15) is 5.65 Å². The summed E-state index contributed by atoms with van der Waals surface area (Å²) in [5.74, 6) is 0.667. The fourth-order valence-electron chi connectivity index (χ4n) is 3.21. The largest absolute Gasteiger partial charge is 0.329 e. The van der Waals surface area contributed by atoms with Gasteiger partial charge in [-0.3, -0.25) is 4.90 Å². The highest BCUT2D eigenvalue weighted by Crippen LogP contribution is 2.24. The standard InChI is InChI=1S/C15H21ClN4.ClH/c1-11-3-2-6-19(14(11)7-17)9-13-10-20-8-12(16)4-5-15(20)18-13;/h4-5,8,10-11,14H,2-3,6-7,9,17H2,1H3;1H. The second-order valence-corrected chi connectivity index (χ2v) is 6.17. The van der Waals surface area contributed by atoms with Gasteiger partial charge in [-0.1, -0.05) is 18.5 Å². The van der Waals surface area contributed by atoms with Crippen molar-refractivity contribution in [3.05, 3.63) is 35.2 Å². The van der Waals surface area contributed by atoms with Gasteiger partial charge in [-0.2, -0.15) is 0 Å². The maximum absolute atomic E-state index is 6.01. The Morgan fingerprint density at radius 1 is 1.38 bits per heavy atom. The van der Waals surface area contributed by atoms with Crippen molar-refractivity contribution in [2.75, 3.05) is 13.1 Å². The van der Waals surface area contributed by atoms with E-state index in [9.17, 15) is 0 Å². The van der Waals surface area contributed by atoms with E-state index in [1.54, 1.807) is 0 Å². The van der Waals surface area contributed by atoms with Crippen molar-refractivity contribution in [1.82, 2.24) is 14.3 Å². The molecule has 2 unspecified atom stereocenters. The molecule has 2 atom stereocenters. The van der Waals surface area contributed by atoms with Crippen LogP contribution in [0.2, 0.25) is 5.02 Å². The van der Waals surface area contributed by atoms with Crippen LogP contribution < -0.4 is 5.73 Å². The van der Waals surface area contributed by atoms with E-state index < -0.39 is 0 Å². The number of hydrogen-bond acceptors (Lipinski definition) is 3. The number of halogens is 2. The van der Waals surface area contributed by atoms with Crippen LogP contribution in [0, 0.1) is 5.92 Å².